The summed E-state index contributed by atoms with van der Waals surface area (Å²) < 4.78 is 10.2. The molecule has 0 bridgehead atoms. The zero-order chi connectivity index (χ0) is 30.7. The highest BCUT2D eigenvalue weighted by Crippen LogP contribution is 2.46. The highest BCUT2D eigenvalue weighted by atomic mass is 32.1. The average molecular weight is 594 g/mol. The molecule has 4 aromatic rings. The van der Waals surface area contributed by atoms with Crippen LogP contribution in [-0.4, -0.2) is 36.1 Å². The third-order valence-electron chi connectivity index (χ3n) is 6.85. The highest BCUT2D eigenvalue weighted by Gasteiger charge is 2.43. The minimum absolute atomic E-state index is 0.0346. The van der Waals surface area contributed by atoms with Gasteiger partial charge in [-0.3, -0.25) is 15.0 Å². The SMILES string of the molecule is COC(=O)C1=C(C(=O)OC)N(c2ccc([N+](=O)[O-])cc2-c2nc(-c3ccccc3)cs2)C(N)=C(C#N)C1c1ccccc1. The van der Waals surface area contributed by atoms with Crippen LogP contribution in [0.15, 0.2) is 107 Å². The van der Waals surface area contributed by atoms with Gasteiger partial charge in [0.15, 0.2) is 0 Å². The maximum absolute atomic E-state index is 13.5. The molecule has 1 aliphatic heterocycles. The van der Waals surface area contributed by atoms with E-state index in [-0.39, 0.29) is 39.6 Å². The summed E-state index contributed by atoms with van der Waals surface area (Å²) in [6, 6.07) is 24.0. The first-order valence-corrected chi connectivity index (χ1v) is 13.6. The summed E-state index contributed by atoms with van der Waals surface area (Å²) in [5.41, 5.74) is 8.28. The van der Waals surface area contributed by atoms with Crippen molar-refractivity contribution in [3.05, 3.63) is 123 Å². The summed E-state index contributed by atoms with van der Waals surface area (Å²) in [7, 11) is 2.30. The van der Waals surface area contributed by atoms with Gasteiger partial charge in [0.1, 0.15) is 16.5 Å². The molecule has 0 amide bonds. The van der Waals surface area contributed by atoms with Gasteiger partial charge in [0.05, 0.1) is 53.7 Å². The summed E-state index contributed by atoms with van der Waals surface area (Å²) in [5.74, 6) is -3.05. The molecule has 11 nitrogen and oxygen atoms in total. The Balaban J connectivity index is 1.82. The molecule has 12 heteroatoms. The third-order valence-corrected chi connectivity index (χ3v) is 7.72. The Morgan fingerprint density at radius 2 is 1.67 bits per heavy atom. The summed E-state index contributed by atoms with van der Waals surface area (Å²) in [6.45, 7) is 0. The van der Waals surface area contributed by atoms with Crippen molar-refractivity contribution < 1.29 is 24.0 Å². The number of nitriles is 1. The molecule has 1 aromatic heterocycles. The molecule has 0 saturated carbocycles. The summed E-state index contributed by atoms with van der Waals surface area (Å²) >= 11 is 1.22. The van der Waals surface area contributed by atoms with E-state index >= 15 is 0 Å². The molecule has 2 heterocycles. The maximum atomic E-state index is 13.5. The normalized spacial score (nSPS) is 14.7. The van der Waals surface area contributed by atoms with Crippen molar-refractivity contribution >= 4 is 34.7 Å². The number of carbonyl (C=O) groups is 2. The van der Waals surface area contributed by atoms with Crippen LogP contribution in [0.3, 0.4) is 0 Å². The van der Waals surface area contributed by atoms with Crippen LogP contribution >= 0.6 is 11.3 Å². The highest BCUT2D eigenvalue weighted by molar-refractivity contribution is 7.13. The van der Waals surface area contributed by atoms with E-state index in [0.29, 0.717) is 16.3 Å². The van der Waals surface area contributed by atoms with Crippen LogP contribution in [0.25, 0.3) is 21.8 Å². The Labute approximate surface area is 249 Å². The van der Waals surface area contributed by atoms with Gasteiger partial charge in [-0.15, -0.1) is 11.3 Å². The van der Waals surface area contributed by atoms with E-state index in [0.717, 1.165) is 19.8 Å². The largest absolute Gasteiger partial charge is 0.466 e. The number of hydrogen-bond donors (Lipinski definition) is 1. The standard InChI is InChI=1S/C31H23N5O6S/c1-41-30(37)26-25(19-11-7-4-8-12-19)22(16-32)28(33)35(27(26)31(38)42-2)24-14-13-20(36(39)40)15-21(24)29-34-23(17-43-29)18-9-5-3-6-10-18/h3-15,17,25H,33H2,1-2H3. The molecule has 2 N–H and O–H groups in total. The zero-order valence-electron chi connectivity index (χ0n) is 22.9. The number of nitro benzene ring substituents is 1. The van der Waals surface area contributed by atoms with Gasteiger partial charge in [-0.25, -0.2) is 14.6 Å². The van der Waals surface area contributed by atoms with Gasteiger partial charge >= 0.3 is 11.9 Å². The molecule has 1 aliphatic rings. The van der Waals surface area contributed by atoms with Crippen LogP contribution in [0.1, 0.15) is 11.5 Å². The first-order valence-electron chi connectivity index (χ1n) is 12.8. The van der Waals surface area contributed by atoms with Gasteiger partial charge in [0.2, 0.25) is 0 Å². The lowest BCUT2D eigenvalue weighted by molar-refractivity contribution is -0.384. The molecule has 0 aliphatic carbocycles. The van der Waals surface area contributed by atoms with Crippen LogP contribution in [0, 0.1) is 21.4 Å². The summed E-state index contributed by atoms with van der Waals surface area (Å²) in [5, 5.41) is 24.3. The molecule has 0 saturated heterocycles. The van der Waals surface area contributed by atoms with Gasteiger partial charge in [0, 0.05) is 28.6 Å². The van der Waals surface area contributed by atoms with Crippen LogP contribution in [-0.2, 0) is 19.1 Å². The number of nitrogens with zero attached hydrogens (tertiary/aromatic N) is 4. The lowest BCUT2D eigenvalue weighted by atomic mass is 9.80. The molecule has 43 heavy (non-hydrogen) atoms. The Kier molecular flexibility index (Phi) is 8.00. The monoisotopic (exact) mass is 593 g/mol. The van der Waals surface area contributed by atoms with Crippen molar-refractivity contribution in [2.24, 2.45) is 5.73 Å². The molecular weight excluding hydrogens is 570 g/mol. The number of carbonyl (C=O) groups excluding carboxylic acids is 2. The first kappa shape index (κ1) is 28.7. The molecular formula is C31H23N5O6S. The molecule has 214 valence electrons. The number of thiazole rings is 1. The second kappa shape index (κ2) is 12.0. The van der Waals surface area contributed by atoms with Gasteiger partial charge in [-0.2, -0.15) is 5.26 Å². The minimum atomic E-state index is -1.06. The number of nitrogens with two attached hydrogens (primary N) is 1. The molecule has 1 atom stereocenters. The number of ether oxygens (including phenoxy) is 2. The van der Waals surface area contributed by atoms with Crippen molar-refractivity contribution in [2.75, 3.05) is 19.1 Å². The van der Waals surface area contributed by atoms with Crippen LogP contribution in [0.4, 0.5) is 11.4 Å². The average Bonchev–Trinajstić information content (AvgIpc) is 3.54. The van der Waals surface area contributed by atoms with Gasteiger partial charge < -0.3 is 15.2 Å². The second-order valence-electron chi connectivity index (χ2n) is 9.20. The van der Waals surface area contributed by atoms with E-state index in [4.69, 9.17) is 20.2 Å². The van der Waals surface area contributed by atoms with E-state index in [1.54, 1.807) is 35.7 Å². The Morgan fingerprint density at radius 3 is 2.28 bits per heavy atom. The fourth-order valence-electron chi connectivity index (χ4n) is 4.91. The number of methoxy groups -OCH3 is 2. The Bertz CT molecular complexity index is 1840. The van der Waals surface area contributed by atoms with Gasteiger partial charge in [0.25, 0.3) is 5.69 Å². The lowest BCUT2D eigenvalue weighted by Crippen LogP contribution is -2.41. The van der Waals surface area contributed by atoms with Crippen molar-refractivity contribution in [2.45, 2.75) is 5.92 Å². The number of benzene rings is 3. The minimum Gasteiger partial charge on any atom is -0.466 e. The van der Waals surface area contributed by atoms with Crippen LogP contribution < -0.4 is 10.6 Å². The van der Waals surface area contributed by atoms with E-state index in [1.807, 2.05) is 30.3 Å². The Morgan fingerprint density at radius 1 is 1.02 bits per heavy atom. The number of nitro groups is 1. The first-order chi connectivity index (χ1) is 20.8. The molecule has 3 aromatic carbocycles. The van der Waals surface area contributed by atoms with E-state index < -0.39 is 22.8 Å². The number of anilines is 1. The summed E-state index contributed by atoms with van der Waals surface area (Å²) in [6.07, 6.45) is 0. The number of rotatable bonds is 7. The topological polar surface area (TPSA) is 162 Å². The number of non-ortho nitro benzene ring substituents is 1. The number of esters is 2. The Hall–Kier alpha value is -5.80. The number of aromatic nitrogens is 1. The number of hydrogen-bond acceptors (Lipinski definition) is 11. The molecule has 0 fully saturated rings. The van der Waals surface area contributed by atoms with E-state index in [2.05, 4.69) is 6.07 Å². The molecule has 5 rings (SSSR count). The lowest BCUT2D eigenvalue weighted by Gasteiger charge is -2.36. The van der Waals surface area contributed by atoms with Gasteiger partial charge in [-0.05, 0) is 11.6 Å². The third kappa shape index (κ3) is 5.20. The molecule has 0 radical (unpaired) electrons. The molecule has 1 unspecified atom stereocenters. The van der Waals surface area contributed by atoms with Crippen LogP contribution in [0.2, 0.25) is 0 Å². The zero-order valence-corrected chi connectivity index (χ0v) is 23.7. The fourth-order valence-corrected chi connectivity index (χ4v) is 5.76. The smallest absolute Gasteiger partial charge is 0.355 e. The van der Waals surface area contributed by atoms with Crippen molar-refractivity contribution in [3.63, 3.8) is 0 Å². The fraction of sp³-hybridized carbons (Fsp3) is 0.0968. The quantitative estimate of drug-likeness (QED) is 0.169. The predicted octanol–water partition coefficient (Wildman–Crippen LogP) is 5.28. The second-order valence-corrected chi connectivity index (χ2v) is 10.1. The molecule has 0 spiro atoms. The van der Waals surface area contributed by atoms with E-state index in [9.17, 15) is 25.0 Å². The van der Waals surface area contributed by atoms with Crippen LogP contribution in [0.5, 0.6) is 0 Å². The van der Waals surface area contributed by atoms with Gasteiger partial charge in [-0.1, -0.05) is 60.7 Å². The predicted molar refractivity (Wildman–Crippen MR) is 159 cm³/mol. The van der Waals surface area contributed by atoms with Crippen molar-refractivity contribution in [3.8, 4) is 27.9 Å². The van der Waals surface area contributed by atoms with Crippen molar-refractivity contribution in [1.29, 1.82) is 5.26 Å². The number of allylic oxidation sites excluding steroid dienone is 1. The van der Waals surface area contributed by atoms with E-state index in [1.165, 1.54) is 34.4 Å². The maximum Gasteiger partial charge on any atom is 0.355 e. The summed E-state index contributed by atoms with van der Waals surface area (Å²) in [4.78, 5) is 44.1. The van der Waals surface area contributed by atoms with Crippen molar-refractivity contribution in [1.82, 2.24) is 4.98 Å².